The number of para-hydroxylation sites is 3. The zero-order valence-corrected chi connectivity index (χ0v) is 17.0. The molecule has 30 heavy (non-hydrogen) atoms. The maximum Gasteiger partial charge on any atom is 0.232 e. The summed E-state index contributed by atoms with van der Waals surface area (Å²) in [5.41, 5.74) is 0.783. The van der Waals surface area contributed by atoms with E-state index in [-0.39, 0.29) is 6.61 Å². The minimum Gasteiger partial charge on any atom is -0.455 e. The Morgan fingerprint density at radius 2 is 1.67 bits per heavy atom. The number of ether oxygens (including phenoxy) is 1. The molecular weight excluding hydrogens is 380 g/mol. The molecule has 0 atom stereocenters. The minimum atomic E-state index is 0.184. The maximum atomic E-state index is 9.12. The van der Waals surface area contributed by atoms with Crippen molar-refractivity contribution in [2.45, 2.75) is 6.92 Å². The van der Waals surface area contributed by atoms with E-state index in [0.29, 0.717) is 30.0 Å². The van der Waals surface area contributed by atoms with Crippen molar-refractivity contribution in [3.63, 3.8) is 0 Å². The van der Waals surface area contributed by atoms with Gasteiger partial charge in [0, 0.05) is 32.7 Å². The lowest BCUT2D eigenvalue weighted by atomic mass is 10.3. The van der Waals surface area contributed by atoms with Crippen LogP contribution in [0.3, 0.4) is 0 Å². The topological polar surface area (TPSA) is 86.6 Å². The van der Waals surface area contributed by atoms with Crippen molar-refractivity contribution in [2.24, 2.45) is 0 Å². The number of aliphatic hydroxyl groups is 1. The minimum absolute atomic E-state index is 0.184. The van der Waals surface area contributed by atoms with Crippen molar-refractivity contribution in [3.8, 4) is 11.5 Å². The molecule has 0 unspecified atom stereocenters. The number of anilines is 3. The van der Waals surface area contributed by atoms with E-state index in [1.807, 2.05) is 61.5 Å². The first kappa shape index (κ1) is 20.1. The number of nitrogens with one attached hydrogen (secondary N) is 1. The number of aromatic nitrogens is 3. The Morgan fingerprint density at radius 1 is 0.933 bits per heavy atom. The third-order valence-corrected chi connectivity index (χ3v) is 4.91. The van der Waals surface area contributed by atoms with Crippen LogP contribution in [0.2, 0.25) is 0 Å². The fraction of sp³-hybridized carbons (Fsp3) is 0.318. The van der Waals surface area contributed by atoms with Crippen molar-refractivity contribution in [1.82, 2.24) is 19.9 Å². The van der Waals surface area contributed by atoms with Crippen molar-refractivity contribution in [2.75, 3.05) is 49.5 Å². The fourth-order valence-electron chi connectivity index (χ4n) is 3.37. The van der Waals surface area contributed by atoms with Gasteiger partial charge in [-0.05, 0) is 31.2 Å². The Bertz CT molecular complexity index is 961. The average molecular weight is 406 g/mol. The number of benzene rings is 2. The number of hydrogen-bond acceptors (Lipinski definition) is 8. The van der Waals surface area contributed by atoms with Gasteiger partial charge in [-0.2, -0.15) is 15.0 Å². The highest BCUT2D eigenvalue weighted by Gasteiger charge is 2.20. The van der Waals surface area contributed by atoms with Gasteiger partial charge >= 0.3 is 0 Å². The number of aryl methyl sites for hydroxylation is 1. The smallest absolute Gasteiger partial charge is 0.232 e. The van der Waals surface area contributed by atoms with Crippen LogP contribution in [-0.4, -0.2) is 64.3 Å². The zero-order valence-electron chi connectivity index (χ0n) is 17.0. The molecule has 2 N–H and O–H groups in total. The number of β-amino-alcohol motifs (C(OH)–C–C–N with tert-alkyl or cyclic N) is 1. The van der Waals surface area contributed by atoms with Crippen molar-refractivity contribution in [1.29, 1.82) is 0 Å². The lowest BCUT2D eigenvalue weighted by Crippen LogP contribution is -2.47. The molecule has 1 fully saturated rings. The highest BCUT2D eigenvalue weighted by atomic mass is 16.5. The summed E-state index contributed by atoms with van der Waals surface area (Å²) in [6, 6.07) is 17.4. The Labute approximate surface area is 176 Å². The first-order valence-corrected chi connectivity index (χ1v) is 10.1. The summed E-state index contributed by atoms with van der Waals surface area (Å²) in [5.74, 6) is 3.26. The van der Waals surface area contributed by atoms with E-state index < -0.39 is 0 Å². The molecule has 1 aliphatic rings. The molecule has 1 aliphatic heterocycles. The van der Waals surface area contributed by atoms with E-state index >= 15 is 0 Å². The summed E-state index contributed by atoms with van der Waals surface area (Å²) in [4.78, 5) is 18.0. The zero-order chi connectivity index (χ0) is 20.8. The van der Waals surface area contributed by atoms with Crippen LogP contribution in [0.25, 0.3) is 0 Å². The van der Waals surface area contributed by atoms with Crippen LogP contribution in [0.4, 0.5) is 17.6 Å². The van der Waals surface area contributed by atoms with E-state index in [2.05, 4.69) is 30.1 Å². The molecule has 8 heteroatoms. The number of piperazine rings is 1. The predicted molar refractivity (Wildman–Crippen MR) is 117 cm³/mol. The van der Waals surface area contributed by atoms with Gasteiger partial charge in [-0.3, -0.25) is 4.90 Å². The van der Waals surface area contributed by atoms with Gasteiger partial charge in [0.25, 0.3) is 0 Å². The van der Waals surface area contributed by atoms with Crippen LogP contribution in [0.15, 0.2) is 54.6 Å². The number of rotatable bonds is 7. The van der Waals surface area contributed by atoms with Gasteiger partial charge in [0.2, 0.25) is 11.9 Å². The molecule has 0 spiro atoms. The van der Waals surface area contributed by atoms with Crippen LogP contribution >= 0.6 is 0 Å². The van der Waals surface area contributed by atoms with Gasteiger partial charge in [-0.25, -0.2) is 0 Å². The number of aliphatic hydroxyl groups excluding tert-OH is 1. The Hall–Kier alpha value is -3.23. The Balaban J connectivity index is 1.51. The van der Waals surface area contributed by atoms with E-state index in [1.165, 1.54) is 0 Å². The molecule has 0 amide bonds. The number of nitrogens with zero attached hydrogens (tertiary/aromatic N) is 5. The van der Waals surface area contributed by atoms with Crippen LogP contribution in [0.5, 0.6) is 11.5 Å². The second-order valence-corrected chi connectivity index (χ2v) is 7.09. The molecule has 4 rings (SSSR count). The van der Waals surface area contributed by atoms with Gasteiger partial charge in [0.1, 0.15) is 11.6 Å². The molecule has 0 saturated carbocycles. The van der Waals surface area contributed by atoms with Gasteiger partial charge < -0.3 is 20.1 Å². The summed E-state index contributed by atoms with van der Waals surface area (Å²) >= 11 is 0. The summed E-state index contributed by atoms with van der Waals surface area (Å²) in [7, 11) is 0. The SMILES string of the molecule is Cc1nc(Nc2ccccc2Oc2ccccc2)nc(N2CCN(CCO)CC2)n1. The average Bonchev–Trinajstić information content (AvgIpc) is 2.76. The fourth-order valence-corrected chi connectivity index (χ4v) is 3.37. The van der Waals surface area contributed by atoms with E-state index in [0.717, 1.165) is 37.6 Å². The second kappa shape index (κ2) is 9.51. The van der Waals surface area contributed by atoms with Gasteiger partial charge in [-0.15, -0.1) is 0 Å². The summed E-state index contributed by atoms with van der Waals surface area (Å²) in [5, 5.41) is 12.4. The molecule has 2 aromatic carbocycles. The molecule has 1 saturated heterocycles. The standard InChI is InChI=1S/C22H26N6O2/c1-17-23-21(26-22(24-17)28-13-11-27(12-14-28)15-16-29)25-19-9-5-6-10-20(19)30-18-7-3-2-4-8-18/h2-10,29H,11-16H2,1H3,(H,23,24,25,26). The lowest BCUT2D eigenvalue weighted by Gasteiger charge is -2.34. The Morgan fingerprint density at radius 3 is 2.43 bits per heavy atom. The molecule has 2 heterocycles. The van der Waals surface area contributed by atoms with Crippen molar-refractivity contribution >= 4 is 17.6 Å². The van der Waals surface area contributed by atoms with Gasteiger partial charge in [-0.1, -0.05) is 30.3 Å². The number of hydrogen-bond donors (Lipinski definition) is 2. The quantitative estimate of drug-likeness (QED) is 0.619. The molecular formula is C22H26N6O2. The predicted octanol–water partition coefficient (Wildman–Crippen LogP) is 2.83. The first-order valence-electron chi connectivity index (χ1n) is 10.1. The summed E-state index contributed by atoms with van der Waals surface area (Å²) in [6.45, 7) is 6.14. The summed E-state index contributed by atoms with van der Waals surface area (Å²) in [6.07, 6.45) is 0. The van der Waals surface area contributed by atoms with Crippen molar-refractivity contribution < 1.29 is 9.84 Å². The van der Waals surface area contributed by atoms with E-state index in [1.54, 1.807) is 0 Å². The third-order valence-electron chi connectivity index (χ3n) is 4.91. The molecule has 156 valence electrons. The van der Waals surface area contributed by atoms with E-state index in [9.17, 15) is 0 Å². The highest BCUT2D eigenvalue weighted by molar-refractivity contribution is 5.63. The highest BCUT2D eigenvalue weighted by Crippen LogP contribution is 2.31. The summed E-state index contributed by atoms with van der Waals surface area (Å²) < 4.78 is 6.02. The van der Waals surface area contributed by atoms with Crippen LogP contribution in [0.1, 0.15) is 5.82 Å². The lowest BCUT2D eigenvalue weighted by molar-refractivity contribution is 0.188. The second-order valence-electron chi connectivity index (χ2n) is 7.09. The van der Waals surface area contributed by atoms with Crippen LogP contribution < -0.4 is 15.0 Å². The van der Waals surface area contributed by atoms with Crippen LogP contribution in [0, 0.1) is 6.92 Å². The molecule has 1 aromatic heterocycles. The molecule has 0 aliphatic carbocycles. The Kier molecular flexibility index (Phi) is 6.36. The molecule has 3 aromatic rings. The normalized spacial score (nSPS) is 14.5. The molecule has 0 bridgehead atoms. The maximum absolute atomic E-state index is 9.12. The third kappa shape index (κ3) is 5.03. The van der Waals surface area contributed by atoms with Gasteiger partial charge in [0.05, 0.1) is 12.3 Å². The molecule has 8 nitrogen and oxygen atoms in total. The first-order chi connectivity index (χ1) is 14.7. The largest absolute Gasteiger partial charge is 0.455 e. The van der Waals surface area contributed by atoms with Gasteiger partial charge in [0.15, 0.2) is 5.75 Å². The van der Waals surface area contributed by atoms with Crippen molar-refractivity contribution in [3.05, 3.63) is 60.4 Å². The van der Waals surface area contributed by atoms with E-state index in [4.69, 9.17) is 9.84 Å². The van der Waals surface area contributed by atoms with Crippen LogP contribution in [-0.2, 0) is 0 Å². The monoisotopic (exact) mass is 406 g/mol. The molecule has 0 radical (unpaired) electrons.